The Morgan fingerprint density at radius 2 is 1.73 bits per heavy atom. The predicted molar refractivity (Wildman–Crippen MR) is 136 cm³/mol. The Labute approximate surface area is 228 Å². The first-order valence-corrected chi connectivity index (χ1v) is 12.5. The fourth-order valence-electron chi connectivity index (χ4n) is 4.56. The highest BCUT2D eigenvalue weighted by Gasteiger charge is 2.47. The van der Waals surface area contributed by atoms with Gasteiger partial charge in [-0.1, -0.05) is 18.2 Å². The van der Waals surface area contributed by atoms with Crippen molar-refractivity contribution in [1.82, 2.24) is 4.90 Å². The molecule has 1 heterocycles. The number of alkyl halides is 3. The van der Waals surface area contributed by atoms with E-state index < -0.39 is 53.1 Å². The maximum Gasteiger partial charge on any atom is 0.416 e. The largest absolute Gasteiger partial charge is 0.465 e. The van der Waals surface area contributed by atoms with E-state index in [1.165, 1.54) is 42.2 Å². The summed E-state index contributed by atoms with van der Waals surface area (Å²) in [7, 11) is 0. The van der Waals surface area contributed by atoms with Crippen LogP contribution < -0.4 is 5.32 Å². The number of amides is 2. The van der Waals surface area contributed by atoms with Crippen molar-refractivity contribution in [2.24, 2.45) is 11.8 Å². The number of carbonyl (C=O) groups is 4. The predicted octanol–water partition coefficient (Wildman–Crippen LogP) is 3.54. The van der Waals surface area contributed by atoms with E-state index in [0.29, 0.717) is 0 Å². The van der Waals surface area contributed by atoms with E-state index in [0.717, 1.165) is 25.1 Å². The van der Waals surface area contributed by atoms with Gasteiger partial charge in [-0.3, -0.25) is 19.2 Å². The first-order valence-electron chi connectivity index (χ1n) is 12.5. The number of nitrogens with one attached hydrogen (secondary N) is 1. The average Bonchev–Trinajstić information content (AvgIpc) is 2.92. The van der Waals surface area contributed by atoms with Crippen LogP contribution >= 0.6 is 0 Å². The number of nitriles is 1. The lowest BCUT2D eigenvalue weighted by Crippen LogP contribution is -2.50. The topological polar surface area (TPSA) is 126 Å². The van der Waals surface area contributed by atoms with Crippen molar-refractivity contribution in [3.05, 3.63) is 65.2 Å². The molecule has 1 aliphatic heterocycles. The van der Waals surface area contributed by atoms with Crippen LogP contribution in [0.15, 0.2) is 48.5 Å². The van der Waals surface area contributed by atoms with E-state index in [2.05, 4.69) is 5.32 Å². The van der Waals surface area contributed by atoms with Crippen LogP contribution in [0, 0.1) is 23.2 Å². The molecule has 2 amide bonds. The highest BCUT2D eigenvalue weighted by Crippen LogP contribution is 2.37. The van der Waals surface area contributed by atoms with Gasteiger partial charge in [0.2, 0.25) is 11.8 Å². The molecule has 1 saturated heterocycles. The van der Waals surface area contributed by atoms with Gasteiger partial charge in [-0.15, -0.1) is 0 Å². The fraction of sp³-hybridized carbons (Fsp3) is 0.393. The average molecular weight is 560 g/mol. The number of ether oxygens (including phenoxy) is 2. The van der Waals surface area contributed by atoms with E-state index in [1.807, 2.05) is 6.07 Å². The summed E-state index contributed by atoms with van der Waals surface area (Å²) in [6, 6.07) is 11.5. The molecule has 0 spiro atoms. The molecule has 2 aromatic carbocycles. The molecule has 1 N–H and O–H groups in total. The Kier molecular flexibility index (Phi) is 10.0. The van der Waals surface area contributed by atoms with Crippen LogP contribution in [0.1, 0.15) is 36.5 Å². The summed E-state index contributed by atoms with van der Waals surface area (Å²) in [6.45, 7) is 3.18. The quantitative estimate of drug-likeness (QED) is 0.368. The number of anilines is 1. The lowest BCUT2D eigenvalue weighted by atomic mass is 9.73. The molecule has 12 heteroatoms. The van der Waals surface area contributed by atoms with E-state index in [-0.39, 0.29) is 49.7 Å². The van der Waals surface area contributed by atoms with Gasteiger partial charge in [0, 0.05) is 24.7 Å². The molecule has 0 saturated carbocycles. The molecule has 0 bridgehead atoms. The molecule has 3 unspecified atom stereocenters. The number of ketones is 1. The summed E-state index contributed by atoms with van der Waals surface area (Å²) in [6.07, 6.45) is -4.68. The normalized spacial score (nSPS) is 15.8. The maximum atomic E-state index is 13.9. The third-order valence-electron chi connectivity index (χ3n) is 6.45. The van der Waals surface area contributed by atoms with Crippen molar-refractivity contribution >= 4 is 29.3 Å². The van der Waals surface area contributed by atoms with E-state index in [1.54, 1.807) is 0 Å². The second-order valence-corrected chi connectivity index (χ2v) is 9.08. The van der Waals surface area contributed by atoms with Crippen molar-refractivity contribution in [2.75, 3.05) is 38.2 Å². The number of esters is 1. The van der Waals surface area contributed by atoms with Crippen molar-refractivity contribution in [1.29, 1.82) is 5.26 Å². The maximum absolute atomic E-state index is 13.9. The molecular weight excluding hydrogens is 531 g/mol. The third kappa shape index (κ3) is 7.24. The third-order valence-corrected chi connectivity index (χ3v) is 6.45. The zero-order valence-electron chi connectivity index (χ0n) is 21.9. The van der Waals surface area contributed by atoms with E-state index >= 15 is 0 Å². The smallest absolute Gasteiger partial charge is 0.416 e. The molecule has 40 heavy (non-hydrogen) atoms. The van der Waals surface area contributed by atoms with E-state index in [4.69, 9.17) is 9.47 Å². The number of benzene rings is 2. The second-order valence-electron chi connectivity index (χ2n) is 9.08. The van der Waals surface area contributed by atoms with Gasteiger partial charge in [0.1, 0.15) is 17.6 Å². The number of carbonyl (C=O) groups excluding carboxylic acids is 4. The van der Waals surface area contributed by atoms with Crippen molar-refractivity contribution in [3.8, 4) is 6.07 Å². The van der Waals surface area contributed by atoms with Crippen LogP contribution in [0.4, 0.5) is 18.9 Å². The minimum Gasteiger partial charge on any atom is -0.465 e. The number of halogens is 3. The number of Topliss-reactive ketones (excluding diaryl/α,β-unsaturated/α-hetero) is 1. The van der Waals surface area contributed by atoms with Crippen molar-refractivity contribution in [2.45, 2.75) is 25.9 Å². The SMILES string of the molecule is CCOC(=O)C(C(C)=O)C(c1ccc(C#N)cc1)C(C(=O)Nc1cccc(C(F)(F)F)c1)C(=O)N1CCOCC1. The standard InChI is InChI=1S/C28H28F3N3O6/c1-3-40-27(38)22(17(2)35)23(19-9-7-18(16-32)8-10-19)24(26(37)34-11-13-39-14-12-34)25(36)33-21-6-4-5-20(15-21)28(29,30)31/h4-10,15,22-24H,3,11-14H2,1-2H3,(H,33,36). The molecule has 3 rings (SSSR count). The highest BCUT2D eigenvalue weighted by atomic mass is 19.4. The molecule has 1 aliphatic rings. The first-order chi connectivity index (χ1) is 19.0. The molecule has 0 aromatic heterocycles. The number of rotatable bonds is 9. The lowest BCUT2D eigenvalue weighted by Gasteiger charge is -2.35. The number of hydrogen-bond donors (Lipinski definition) is 1. The number of hydrogen-bond acceptors (Lipinski definition) is 7. The molecule has 0 radical (unpaired) electrons. The molecule has 1 fully saturated rings. The fourth-order valence-corrected chi connectivity index (χ4v) is 4.56. The van der Waals surface area contributed by atoms with Gasteiger partial charge in [-0.2, -0.15) is 18.4 Å². The Balaban J connectivity index is 2.16. The monoisotopic (exact) mass is 559 g/mol. The van der Waals surface area contributed by atoms with Crippen LogP contribution in [0.25, 0.3) is 0 Å². The van der Waals surface area contributed by atoms with Crippen LogP contribution in [0.2, 0.25) is 0 Å². The second kappa shape index (κ2) is 13.2. The van der Waals surface area contributed by atoms with Gasteiger partial charge >= 0.3 is 12.1 Å². The number of nitrogens with zero attached hydrogens (tertiary/aromatic N) is 2. The summed E-state index contributed by atoms with van der Waals surface area (Å²) in [4.78, 5) is 55.0. The van der Waals surface area contributed by atoms with Gasteiger partial charge in [-0.25, -0.2) is 0 Å². The summed E-state index contributed by atoms with van der Waals surface area (Å²) in [5, 5.41) is 11.6. The molecule has 3 atom stereocenters. The molecular formula is C28H28F3N3O6. The molecule has 9 nitrogen and oxygen atoms in total. The summed E-state index contributed by atoms with van der Waals surface area (Å²) in [5.41, 5.74) is -0.771. The van der Waals surface area contributed by atoms with Crippen molar-refractivity contribution in [3.63, 3.8) is 0 Å². The molecule has 212 valence electrons. The Morgan fingerprint density at radius 3 is 2.27 bits per heavy atom. The van der Waals surface area contributed by atoms with Gasteiger partial charge in [-0.05, 0) is 49.7 Å². The zero-order valence-corrected chi connectivity index (χ0v) is 21.9. The van der Waals surface area contributed by atoms with Gasteiger partial charge < -0.3 is 19.7 Å². The minimum absolute atomic E-state index is 0.0821. The summed E-state index contributed by atoms with van der Waals surface area (Å²) < 4.78 is 50.3. The van der Waals surface area contributed by atoms with Gasteiger partial charge in [0.15, 0.2) is 0 Å². The van der Waals surface area contributed by atoms with Crippen LogP contribution in [-0.2, 0) is 34.8 Å². The lowest BCUT2D eigenvalue weighted by molar-refractivity contribution is -0.154. The van der Waals surface area contributed by atoms with Crippen LogP contribution in [-0.4, -0.2) is 61.4 Å². The van der Waals surface area contributed by atoms with Gasteiger partial charge in [0.25, 0.3) is 0 Å². The van der Waals surface area contributed by atoms with Crippen molar-refractivity contribution < 1.29 is 41.8 Å². The summed E-state index contributed by atoms with van der Waals surface area (Å²) in [5.74, 6) is -8.12. The zero-order chi connectivity index (χ0) is 29.4. The molecule has 2 aromatic rings. The number of morpholine rings is 1. The van der Waals surface area contributed by atoms with Crippen LogP contribution in [0.3, 0.4) is 0 Å². The van der Waals surface area contributed by atoms with Gasteiger partial charge in [0.05, 0.1) is 37.0 Å². The first kappa shape index (κ1) is 30.3. The highest BCUT2D eigenvalue weighted by molar-refractivity contribution is 6.09. The Morgan fingerprint density at radius 1 is 1.07 bits per heavy atom. The molecule has 0 aliphatic carbocycles. The Hall–Kier alpha value is -4.24. The minimum atomic E-state index is -4.68. The van der Waals surface area contributed by atoms with Crippen LogP contribution in [0.5, 0.6) is 0 Å². The van der Waals surface area contributed by atoms with E-state index in [9.17, 15) is 37.6 Å². The summed E-state index contributed by atoms with van der Waals surface area (Å²) >= 11 is 0. The Bertz CT molecular complexity index is 1280.